The van der Waals surface area contributed by atoms with Crippen molar-refractivity contribution in [1.82, 2.24) is 0 Å². The van der Waals surface area contributed by atoms with E-state index >= 15 is 0 Å². The monoisotopic (exact) mass is 530 g/mol. The molecule has 0 spiro atoms. The highest BCUT2D eigenvalue weighted by molar-refractivity contribution is 8.83. The molecule has 0 unspecified atom stereocenters. The quantitative estimate of drug-likeness (QED) is 0.0818. The summed E-state index contributed by atoms with van der Waals surface area (Å²) in [6.07, 6.45) is 22.3. The molecular weight excluding hydrogens is 489 g/mol. The highest BCUT2D eigenvalue weighted by atomic mass is 33.1. The fourth-order valence-corrected chi connectivity index (χ4v) is 7.24. The van der Waals surface area contributed by atoms with Gasteiger partial charge in [-0.05, 0) is 58.9 Å². The number of hydrogen-bond acceptors (Lipinski definition) is 8. The molecule has 0 aromatic rings. The average Bonchev–Trinajstić information content (AvgIpc) is 2.76. The summed E-state index contributed by atoms with van der Waals surface area (Å²) in [5.41, 5.74) is 0. The van der Waals surface area contributed by atoms with Crippen LogP contribution >= 0.6 is 67.6 Å². The second kappa shape index (κ2) is 26.4. The number of ether oxygens (including phenoxy) is 2. The SMILES string of the molecule is COC(=S)SSCCCCCCCCCCCCCCCCCCSSC(=S)OC. The van der Waals surface area contributed by atoms with Crippen LogP contribution in [0.2, 0.25) is 0 Å². The van der Waals surface area contributed by atoms with Crippen LogP contribution in [-0.2, 0) is 9.47 Å². The summed E-state index contributed by atoms with van der Waals surface area (Å²) < 4.78 is 11.2. The average molecular weight is 531 g/mol. The van der Waals surface area contributed by atoms with Crippen molar-refractivity contribution < 1.29 is 9.47 Å². The van der Waals surface area contributed by atoms with Crippen LogP contribution in [0.5, 0.6) is 0 Å². The molecule has 0 aliphatic rings. The summed E-state index contributed by atoms with van der Waals surface area (Å²) >= 11 is 10.0. The molecule has 0 bridgehead atoms. The van der Waals surface area contributed by atoms with Crippen molar-refractivity contribution in [3.63, 3.8) is 0 Å². The van der Waals surface area contributed by atoms with Crippen LogP contribution in [0, 0.1) is 0 Å². The summed E-state index contributed by atoms with van der Waals surface area (Å²) in [4.78, 5) is 0. The van der Waals surface area contributed by atoms with E-state index in [4.69, 9.17) is 33.9 Å². The third-order valence-corrected chi connectivity index (χ3v) is 10.6. The van der Waals surface area contributed by atoms with Gasteiger partial charge in [0, 0.05) is 11.5 Å². The van der Waals surface area contributed by atoms with Gasteiger partial charge in [0.25, 0.3) is 0 Å². The molecule has 0 amide bonds. The summed E-state index contributed by atoms with van der Waals surface area (Å²) in [7, 11) is 10.1. The van der Waals surface area contributed by atoms with Gasteiger partial charge in [0.2, 0.25) is 8.77 Å². The normalized spacial score (nSPS) is 10.9. The van der Waals surface area contributed by atoms with Crippen LogP contribution in [0.25, 0.3) is 0 Å². The first-order valence-electron chi connectivity index (χ1n) is 11.5. The second-order valence-corrected chi connectivity index (χ2v) is 13.4. The standard InChI is InChI=1S/C22H42O2S6/c1-23-21(25)29-27-19-17-15-13-11-9-7-5-3-4-6-8-10-12-14-16-18-20-28-30-22(26)24-2/h3-20H2,1-2H3. The lowest BCUT2D eigenvalue weighted by Crippen LogP contribution is -1.88. The Morgan fingerprint density at radius 3 is 0.933 bits per heavy atom. The molecule has 0 aliphatic heterocycles. The summed E-state index contributed by atoms with van der Waals surface area (Å²) in [6.45, 7) is 0. The summed E-state index contributed by atoms with van der Waals surface area (Å²) in [5.74, 6) is 2.35. The molecule has 30 heavy (non-hydrogen) atoms. The zero-order valence-corrected chi connectivity index (χ0v) is 23.9. The first kappa shape index (κ1) is 31.2. The first-order chi connectivity index (χ1) is 14.7. The van der Waals surface area contributed by atoms with Crippen molar-refractivity contribution in [2.24, 2.45) is 0 Å². The number of thiocarbonyl (C=S) groups is 2. The van der Waals surface area contributed by atoms with Crippen molar-refractivity contribution in [2.45, 2.75) is 103 Å². The summed E-state index contributed by atoms with van der Waals surface area (Å²) in [5, 5.41) is 0. The number of hydrogen-bond donors (Lipinski definition) is 0. The fraction of sp³-hybridized carbons (Fsp3) is 0.909. The van der Waals surface area contributed by atoms with Gasteiger partial charge in [-0.3, -0.25) is 0 Å². The molecule has 0 rings (SSSR count). The minimum Gasteiger partial charge on any atom is -0.481 e. The maximum absolute atomic E-state index is 5.00. The zero-order chi connectivity index (χ0) is 22.1. The van der Waals surface area contributed by atoms with Crippen LogP contribution in [0.15, 0.2) is 0 Å². The van der Waals surface area contributed by atoms with E-state index in [2.05, 4.69) is 0 Å². The molecule has 0 N–H and O–H groups in total. The Hall–Kier alpha value is 1.18. The van der Waals surface area contributed by atoms with Gasteiger partial charge in [0.15, 0.2) is 0 Å². The minimum absolute atomic E-state index is 0.643. The summed E-state index contributed by atoms with van der Waals surface area (Å²) in [6, 6.07) is 0. The van der Waals surface area contributed by atoms with E-state index in [1.165, 1.54) is 114 Å². The van der Waals surface area contributed by atoms with E-state index in [0.717, 1.165) is 0 Å². The molecule has 0 saturated heterocycles. The van der Waals surface area contributed by atoms with Gasteiger partial charge in [-0.15, -0.1) is 0 Å². The van der Waals surface area contributed by atoms with Gasteiger partial charge in [0.05, 0.1) is 14.2 Å². The molecule has 0 radical (unpaired) electrons. The Bertz CT molecular complexity index is 360. The second-order valence-electron chi connectivity index (χ2n) is 7.38. The van der Waals surface area contributed by atoms with E-state index in [0.29, 0.717) is 8.77 Å². The van der Waals surface area contributed by atoms with Gasteiger partial charge in [-0.2, -0.15) is 0 Å². The lowest BCUT2D eigenvalue weighted by Gasteiger charge is -2.04. The van der Waals surface area contributed by atoms with Gasteiger partial charge >= 0.3 is 0 Å². The van der Waals surface area contributed by atoms with Gasteiger partial charge in [-0.1, -0.05) is 111 Å². The molecule has 0 heterocycles. The van der Waals surface area contributed by atoms with Crippen molar-refractivity contribution in [1.29, 1.82) is 0 Å². The van der Waals surface area contributed by atoms with Crippen LogP contribution in [0.1, 0.15) is 103 Å². The lowest BCUT2D eigenvalue weighted by atomic mass is 10.0. The van der Waals surface area contributed by atoms with Crippen LogP contribution in [0.3, 0.4) is 0 Å². The van der Waals surface area contributed by atoms with Crippen molar-refractivity contribution in [3.8, 4) is 0 Å². The molecule has 0 atom stereocenters. The maximum Gasteiger partial charge on any atom is 0.230 e. The van der Waals surface area contributed by atoms with E-state index in [1.807, 2.05) is 21.6 Å². The lowest BCUT2D eigenvalue weighted by molar-refractivity contribution is 0.426. The predicted molar refractivity (Wildman–Crippen MR) is 153 cm³/mol. The van der Waals surface area contributed by atoms with Crippen LogP contribution in [0.4, 0.5) is 0 Å². The Morgan fingerprint density at radius 2 is 0.700 bits per heavy atom. The molecule has 2 nitrogen and oxygen atoms in total. The molecule has 0 fully saturated rings. The van der Waals surface area contributed by atoms with E-state index < -0.39 is 0 Å². The smallest absolute Gasteiger partial charge is 0.230 e. The van der Waals surface area contributed by atoms with E-state index in [9.17, 15) is 0 Å². The third kappa shape index (κ3) is 25.4. The van der Waals surface area contributed by atoms with Gasteiger partial charge < -0.3 is 9.47 Å². The topological polar surface area (TPSA) is 18.5 Å². The number of methoxy groups -OCH3 is 2. The Balaban J connectivity index is 3.05. The van der Waals surface area contributed by atoms with Crippen molar-refractivity contribution in [3.05, 3.63) is 0 Å². The molecule has 0 aliphatic carbocycles. The fourth-order valence-electron chi connectivity index (χ4n) is 3.04. The van der Waals surface area contributed by atoms with Gasteiger partial charge in [-0.25, -0.2) is 0 Å². The highest BCUT2D eigenvalue weighted by Crippen LogP contribution is 2.26. The molecule has 178 valence electrons. The minimum atomic E-state index is 0.643. The van der Waals surface area contributed by atoms with Crippen LogP contribution in [-0.4, -0.2) is 34.5 Å². The molecule has 0 saturated carbocycles. The first-order valence-corrected chi connectivity index (χ1v) is 16.9. The molecular formula is C22H42O2S6. The van der Waals surface area contributed by atoms with E-state index in [1.54, 1.807) is 35.8 Å². The van der Waals surface area contributed by atoms with E-state index in [-0.39, 0.29) is 0 Å². The molecule has 8 heteroatoms. The Kier molecular flexibility index (Phi) is 27.5. The predicted octanol–water partition coefficient (Wildman–Crippen LogP) is 9.85. The Morgan fingerprint density at radius 1 is 0.467 bits per heavy atom. The largest absolute Gasteiger partial charge is 0.481 e. The maximum atomic E-state index is 5.00. The van der Waals surface area contributed by atoms with Crippen molar-refractivity contribution >= 4 is 76.4 Å². The number of rotatable bonds is 21. The van der Waals surface area contributed by atoms with Crippen molar-refractivity contribution in [2.75, 3.05) is 25.7 Å². The van der Waals surface area contributed by atoms with Crippen LogP contribution < -0.4 is 0 Å². The number of unbranched alkanes of at least 4 members (excludes halogenated alkanes) is 15. The molecule has 0 aromatic heterocycles. The van der Waals surface area contributed by atoms with Gasteiger partial charge in [0.1, 0.15) is 0 Å². The zero-order valence-electron chi connectivity index (χ0n) is 19.0. The Labute approximate surface area is 213 Å². The third-order valence-electron chi connectivity index (χ3n) is 4.79. The highest BCUT2D eigenvalue weighted by Gasteiger charge is 1.99. The molecule has 0 aromatic carbocycles.